The fourth-order valence-electron chi connectivity index (χ4n) is 2.03. The van der Waals surface area contributed by atoms with E-state index in [2.05, 4.69) is 16.8 Å². The maximum absolute atomic E-state index is 10.4. The molecule has 3 heteroatoms. The Bertz CT molecular complexity index is 254. The fraction of sp³-hybridized carbons (Fsp3) is 0.636. The summed E-state index contributed by atoms with van der Waals surface area (Å²) in [5.74, 6) is 0. The normalized spacial score (nSPS) is 35.0. The van der Waals surface area contributed by atoms with Crippen molar-refractivity contribution in [1.29, 1.82) is 0 Å². The monoisotopic (exact) mass is 194 g/mol. The van der Waals surface area contributed by atoms with Crippen LogP contribution in [0, 0.1) is 0 Å². The summed E-state index contributed by atoms with van der Waals surface area (Å²) >= 11 is 0. The first-order chi connectivity index (χ1) is 6.71. The van der Waals surface area contributed by atoms with Gasteiger partial charge in [-0.05, 0) is 13.1 Å². The molecular weight excluding hydrogens is 176 g/mol. The molecule has 0 radical (unpaired) electrons. The minimum atomic E-state index is -0.726. The van der Waals surface area contributed by atoms with Gasteiger partial charge in [0, 0.05) is 32.6 Å². The standard InChI is InChI=1S/C11H18N2O/c1-12-7-9-13(10-8-12)11(14)5-3-2-4-6-11/h2-5,14H,6-10H2,1H3. The van der Waals surface area contributed by atoms with Crippen LogP contribution >= 0.6 is 0 Å². The summed E-state index contributed by atoms with van der Waals surface area (Å²) in [4.78, 5) is 4.45. The molecule has 1 saturated heterocycles. The van der Waals surface area contributed by atoms with Gasteiger partial charge in [0.1, 0.15) is 5.72 Å². The van der Waals surface area contributed by atoms with Gasteiger partial charge in [-0.15, -0.1) is 0 Å². The van der Waals surface area contributed by atoms with Crippen molar-refractivity contribution in [3.63, 3.8) is 0 Å². The van der Waals surface area contributed by atoms with Gasteiger partial charge in [0.2, 0.25) is 0 Å². The van der Waals surface area contributed by atoms with Crippen LogP contribution in [0.15, 0.2) is 24.3 Å². The van der Waals surface area contributed by atoms with Gasteiger partial charge < -0.3 is 10.0 Å². The first-order valence-electron chi connectivity index (χ1n) is 5.21. The number of hydrogen-bond acceptors (Lipinski definition) is 3. The van der Waals surface area contributed by atoms with Crippen LogP contribution in [-0.2, 0) is 0 Å². The molecule has 0 aromatic heterocycles. The highest BCUT2D eigenvalue weighted by atomic mass is 16.3. The van der Waals surface area contributed by atoms with Crippen molar-refractivity contribution in [2.75, 3.05) is 33.2 Å². The highest BCUT2D eigenvalue weighted by Crippen LogP contribution is 2.23. The van der Waals surface area contributed by atoms with Crippen molar-refractivity contribution in [2.45, 2.75) is 12.1 Å². The highest BCUT2D eigenvalue weighted by Gasteiger charge is 2.32. The molecule has 2 aliphatic rings. The molecular formula is C11H18N2O. The third-order valence-corrected chi connectivity index (χ3v) is 3.08. The molecule has 3 nitrogen and oxygen atoms in total. The summed E-state index contributed by atoms with van der Waals surface area (Å²) in [5, 5.41) is 10.4. The first kappa shape index (κ1) is 9.90. The molecule has 1 N–H and O–H groups in total. The molecule has 1 atom stereocenters. The molecule has 1 heterocycles. The summed E-state index contributed by atoms with van der Waals surface area (Å²) in [5.41, 5.74) is -0.726. The van der Waals surface area contributed by atoms with E-state index in [1.165, 1.54) is 0 Å². The Morgan fingerprint density at radius 1 is 1.14 bits per heavy atom. The highest BCUT2D eigenvalue weighted by molar-refractivity contribution is 5.17. The average Bonchev–Trinajstić information content (AvgIpc) is 2.19. The van der Waals surface area contributed by atoms with Gasteiger partial charge in [-0.3, -0.25) is 4.90 Å². The molecule has 1 aliphatic heterocycles. The van der Waals surface area contributed by atoms with Gasteiger partial charge in [0.15, 0.2) is 0 Å². The first-order valence-corrected chi connectivity index (χ1v) is 5.21. The minimum absolute atomic E-state index is 0.715. The van der Waals surface area contributed by atoms with Crippen molar-refractivity contribution < 1.29 is 5.11 Å². The molecule has 0 spiro atoms. The van der Waals surface area contributed by atoms with Gasteiger partial charge in [-0.1, -0.05) is 18.2 Å². The van der Waals surface area contributed by atoms with E-state index in [9.17, 15) is 5.11 Å². The maximum atomic E-state index is 10.4. The number of aliphatic hydroxyl groups is 1. The summed E-state index contributed by atoms with van der Waals surface area (Å²) in [6.07, 6.45) is 8.57. The lowest BCUT2D eigenvalue weighted by Crippen LogP contribution is -2.55. The SMILES string of the molecule is CN1CCN(C2(O)C=CC=CC2)CC1. The largest absolute Gasteiger partial charge is 0.372 e. The van der Waals surface area contributed by atoms with Crippen LogP contribution < -0.4 is 0 Å². The van der Waals surface area contributed by atoms with Crippen molar-refractivity contribution in [3.8, 4) is 0 Å². The molecule has 0 saturated carbocycles. The summed E-state index contributed by atoms with van der Waals surface area (Å²) < 4.78 is 0. The molecule has 1 fully saturated rings. The summed E-state index contributed by atoms with van der Waals surface area (Å²) in [6.45, 7) is 3.98. The number of nitrogens with zero attached hydrogens (tertiary/aromatic N) is 2. The van der Waals surface area contributed by atoms with Crippen LogP contribution in [0.4, 0.5) is 0 Å². The van der Waals surface area contributed by atoms with Crippen LogP contribution in [-0.4, -0.2) is 53.9 Å². The van der Waals surface area contributed by atoms with Crippen LogP contribution in [0.25, 0.3) is 0 Å². The Kier molecular flexibility index (Phi) is 2.72. The number of allylic oxidation sites excluding steroid dienone is 2. The number of rotatable bonds is 1. The summed E-state index contributed by atoms with van der Waals surface area (Å²) in [6, 6.07) is 0. The predicted molar refractivity (Wildman–Crippen MR) is 56.9 cm³/mol. The number of likely N-dealkylation sites (N-methyl/N-ethyl adjacent to an activating group) is 1. The smallest absolute Gasteiger partial charge is 0.141 e. The third-order valence-electron chi connectivity index (χ3n) is 3.08. The van der Waals surface area contributed by atoms with Gasteiger partial charge in [0.25, 0.3) is 0 Å². The van der Waals surface area contributed by atoms with Crippen molar-refractivity contribution >= 4 is 0 Å². The van der Waals surface area contributed by atoms with Gasteiger partial charge in [-0.2, -0.15) is 0 Å². The van der Waals surface area contributed by atoms with E-state index in [0.717, 1.165) is 26.2 Å². The number of hydrogen-bond donors (Lipinski definition) is 1. The van der Waals surface area contributed by atoms with E-state index in [1.807, 2.05) is 24.3 Å². The molecule has 14 heavy (non-hydrogen) atoms. The topological polar surface area (TPSA) is 26.7 Å². The second-order valence-corrected chi connectivity index (χ2v) is 4.16. The Balaban J connectivity index is 2.00. The lowest BCUT2D eigenvalue weighted by atomic mass is 10.0. The van der Waals surface area contributed by atoms with E-state index in [1.54, 1.807) is 0 Å². The van der Waals surface area contributed by atoms with E-state index >= 15 is 0 Å². The van der Waals surface area contributed by atoms with Crippen molar-refractivity contribution in [1.82, 2.24) is 9.80 Å². The molecule has 0 aromatic carbocycles. The van der Waals surface area contributed by atoms with Crippen LogP contribution in [0.2, 0.25) is 0 Å². The van der Waals surface area contributed by atoms with Gasteiger partial charge in [-0.25, -0.2) is 0 Å². The molecule has 0 bridgehead atoms. The summed E-state index contributed by atoms with van der Waals surface area (Å²) in [7, 11) is 2.12. The maximum Gasteiger partial charge on any atom is 0.141 e. The number of piperazine rings is 1. The zero-order chi connectivity index (χ0) is 10.0. The van der Waals surface area contributed by atoms with E-state index in [-0.39, 0.29) is 0 Å². The van der Waals surface area contributed by atoms with Crippen LogP contribution in [0.5, 0.6) is 0 Å². The lowest BCUT2D eigenvalue weighted by molar-refractivity contribution is -0.0833. The molecule has 78 valence electrons. The zero-order valence-electron chi connectivity index (χ0n) is 8.69. The van der Waals surface area contributed by atoms with Crippen LogP contribution in [0.3, 0.4) is 0 Å². The average molecular weight is 194 g/mol. The Labute approximate surface area is 85.3 Å². The van der Waals surface area contributed by atoms with Crippen molar-refractivity contribution in [3.05, 3.63) is 24.3 Å². The second-order valence-electron chi connectivity index (χ2n) is 4.16. The quantitative estimate of drug-likeness (QED) is 0.656. The van der Waals surface area contributed by atoms with Crippen LogP contribution in [0.1, 0.15) is 6.42 Å². The zero-order valence-corrected chi connectivity index (χ0v) is 8.69. The Morgan fingerprint density at radius 2 is 1.86 bits per heavy atom. The van der Waals surface area contributed by atoms with Gasteiger partial charge >= 0.3 is 0 Å². The Morgan fingerprint density at radius 3 is 2.43 bits per heavy atom. The van der Waals surface area contributed by atoms with E-state index in [0.29, 0.717) is 6.42 Å². The molecule has 1 unspecified atom stereocenters. The van der Waals surface area contributed by atoms with Gasteiger partial charge in [0.05, 0.1) is 0 Å². The minimum Gasteiger partial charge on any atom is -0.372 e. The third kappa shape index (κ3) is 1.90. The van der Waals surface area contributed by atoms with E-state index < -0.39 is 5.72 Å². The Hall–Kier alpha value is -0.640. The molecule has 0 amide bonds. The fourth-order valence-corrected chi connectivity index (χ4v) is 2.03. The molecule has 0 aromatic rings. The molecule has 2 rings (SSSR count). The molecule has 1 aliphatic carbocycles. The van der Waals surface area contributed by atoms with E-state index in [4.69, 9.17) is 0 Å². The second kappa shape index (κ2) is 3.85. The predicted octanol–water partition coefficient (Wildman–Crippen LogP) is 0.438. The lowest BCUT2D eigenvalue weighted by Gasteiger charge is -2.42. The van der Waals surface area contributed by atoms with Crippen molar-refractivity contribution in [2.24, 2.45) is 0 Å².